The molecule has 1 amide bonds. The minimum atomic E-state index is -0.747. The topological polar surface area (TPSA) is 55.1 Å². The molecule has 3 nitrogen and oxygen atoms in total. The average molecular weight is 312 g/mol. The number of halogens is 2. The predicted molar refractivity (Wildman–Crippen MR) is 80.8 cm³/mol. The molecule has 0 radical (unpaired) electrons. The number of rotatable bonds is 5. The van der Waals surface area contributed by atoms with Crippen molar-refractivity contribution in [1.82, 2.24) is 5.32 Å². The molecule has 0 spiro atoms. The van der Waals surface area contributed by atoms with Crippen LogP contribution in [0.2, 0.25) is 0 Å². The molecule has 0 unspecified atom stereocenters. The van der Waals surface area contributed by atoms with E-state index in [0.29, 0.717) is 31.4 Å². The Labute approximate surface area is 127 Å². The van der Waals surface area contributed by atoms with Gasteiger partial charge in [0.05, 0.1) is 10.4 Å². The summed E-state index contributed by atoms with van der Waals surface area (Å²) in [4.78, 5) is 12.5. The summed E-state index contributed by atoms with van der Waals surface area (Å²) in [6.07, 6.45) is 3.55. The molecule has 1 aliphatic rings. The minimum absolute atomic E-state index is 0.177. The van der Waals surface area contributed by atoms with Crippen molar-refractivity contribution in [3.8, 4) is 0 Å². The number of carbonyl (C=O) groups is 1. The number of nitrogens with one attached hydrogen (secondary N) is 1. The average Bonchev–Trinajstić information content (AvgIpc) is 2.88. The van der Waals surface area contributed by atoms with Gasteiger partial charge in [0.2, 0.25) is 5.91 Å². The third-order valence-electron chi connectivity index (χ3n) is 3.98. The van der Waals surface area contributed by atoms with E-state index in [9.17, 15) is 13.6 Å². The van der Waals surface area contributed by atoms with E-state index in [4.69, 9.17) is 18.0 Å². The van der Waals surface area contributed by atoms with Crippen LogP contribution in [0.3, 0.4) is 0 Å². The van der Waals surface area contributed by atoms with Crippen LogP contribution in [0.1, 0.15) is 31.2 Å². The van der Waals surface area contributed by atoms with Gasteiger partial charge in [-0.1, -0.05) is 25.1 Å². The van der Waals surface area contributed by atoms with Crippen LogP contribution < -0.4 is 11.1 Å². The summed E-state index contributed by atoms with van der Waals surface area (Å²) < 4.78 is 26.1. The van der Waals surface area contributed by atoms with Gasteiger partial charge in [-0.2, -0.15) is 0 Å². The largest absolute Gasteiger partial charge is 0.392 e. The summed E-state index contributed by atoms with van der Waals surface area (Å²) in [7, 11) is 0. The maximum atomic E-state index is 13.1. The van der Waals surface area contributed by atoms with Gasteiger partial charge in [0.15, 0.2) is 0 Å². The Kier molecular flexibility index (Phi) is 4.88. The molecule has 2 rings (SSSR count). The van der Waals surface area contributed by atoms with E-state index in [0.717, 1.165) is 18.9 Å². The molecule has 6 heteroatoms. The van der Waals surface area contributed by atoms with Crippen LogP contribution in [0.25, 0.3) is 0 Å². The van der Waals surface area contributed by atoms with Gasteiger partial charge in [-0.15, -0.1) is 0 Å². The summed E-state index contributed by atoms with van der Waals surface area (Å²) in [6, 6.07) is 3.34. The van der Waals surface area contributed by atoms with Crippen LogP contribution in [0.15, 0.2) is 18.2 Å². The van der Waals surface area contributed by atoms with Crippen LogP contribution in [0.4, 0.5) is 8.78 Å². The molecule has 0 heterocycles. The van der Waals surface area contributed by atoms with Gasteiger partial charge < -0.3 is 11.1 Å². The highest BCUT2D eigenvalue weighted by Crippen LogP contribution is 2.38. The Morgan fingerprint density at radius 2 is 1.81 bits per heavy atom. The van der Waals surface area contributed by atoms with Gasteiger partial charge in [-0.3, -0.25) is 4.79 Å². The van der Waals surface area contributed by atoms with Crippen molar-refractivity contribution in [2.75, 3.05) is 6.54 Å². The summed E-state index contributed by atoms with van der Waals surface area (Å²) >= 11 is 5.04. The molecule has 0 saturated heterocycles. The van der Waals surface area contributed by atoms with Crippen molar-refractivity contribution in [1.29, 1.82) is 0 Å². The Morgan fingerprint density at radius 1 is 1.24 bits per heavy atom. The Hall–Kier alpha value is -1.56. The second-order valence-electron chi connectivity index (χ2n) is 5.44. The quantitative estimate of drug-likeness (QED) is 0.821. The molecule has 0 aromatic heterocycles. The lowest BCUT2D eigenvalue weighted by Crippen LogP contribution is -2.47. The molecule has 0 aliphatic heterocycles. The number of hydrogen-bond donors (Lipinski definition) is 2. The van der Waals surface area contributed by atoms with Crippen LogP contribution in [-0.4, -0.2) is 17.4 Å². The van der Waals surface area contributed by atoms with Crippen molar-refractivity contribution >= 4 is 23.1 Å². The lowest BCUT2D eigenvalue weighted by atomic mass is 9.85. The fourth-order valence-electron chi connectivity index (χ4n) is 2.81. The van der Waals surface area contributed by atoms with E-state index in [-0.39, 0.29) is 10.9 Å². The molecular formula is C15H18F2N2OS. The summed E-state index contributed by atoms with van der Waals surface area (Å²) in [5.74, 6) is -1.41. The zero-order valence-corrected chi connectivity index (χ0v) is 12.4. The smallest absolute Gasteiger partial charge is 0.233 e. The highest BCUT2D eigenvalue weighted by molar-refractivity contribution is 7.80. The number of hydrogen-bond acceptors (Lipinski definition) is 2. The van der Waals surface area contributed by atoms with Crippen molar-refractivity contribution < 1.29 is 13.6 Å². The Morgan fingerprint density at radius 3 is 2.33 bits per heavy atom. The molecule has 1 aliphatic carbocycles. The number of carbonyl (C=O) groups excluding carboxylic acids is 1. The number of benzene rings is 1. The first-order valence-electron chi connectivity index (χ1n) is 6.97. The second kappa shape index (κ2) is 6.47. The van der Waals surface area contributed by atoms with Gasteiger partial charge in [0.25, 0.3) is 0 Å². The van der Waals surface area contributed by atoms with Crippen LogP contribution >= 0.6 is 12.2 Å². The highest BCUT2D eigenvalue weighted by Gasteiger charge is 2.43. The van der Waals surface area contributed by atoms with E-state index >= 15 is 0 Å². The molecule has 3 N–H and O–H groups in total. The van der Waals surface area contributed by atoms with Crippen LogP contribution in [0, 0.1) is 17.0 Å². The molecule has 1 fully saturated rings. The van der Waals surface area contributed by atoms with Gasteiger partial charge >= 0.3 is 0 Å². The standard InChI is InChI=1S/C15H18F2N2OS/c16-11-7-10(8-12(17)9-11)3-6-19-14(20)15(13(18)21)4-1-2-5-15/h7-9H,1-6H2,(H2,18,21)(H,19,20). The van der Waals surface area contributed by atoms with E-state index in [1.807, 2.05) is 0 Å². The fourth-order valence-corrected chi connectivity index (χ4v) is 3.11. The second-order valence-corrected chi connectivity index (χ2v) is 5.88. The highest BCUT2D eigenvalue weighted by atomic mass is 32.1. The molecule has 1 aromatic rings. The van der Waals surface area contributed by atoms with Crippen molar-refractivity contribution in [3.63, 3.8) is 0 Å². The van der Waals surface area contributed by atoms with Gasteiger partial charge in [0.1, 0.15) is 11.6 Å². The maximum absolute atomic E-state index is 13.1. The molecular weight excluding hydrogens is 294 g/mol. The molecule has 1 aromatic carbocycles. The molecule has 21 heavy (non-hydrogen) atoms. The number of nitrogens with two attached hydrogens (primary N) is 1. The first-order valence-corrected chi connectivity index (χ1v) is 7.38. The van der Waals surface area contributed by atoms with Gasteiger partial charge in [-0.05, 0) is 37.0 Å². The van der Waals surface area contributed by atoms with E-state index < -0.39 is 17.0 Å². The number of amides is 1. The molecule has 1 saturated carbocycles. The lowest BCUT2D eigenvalue weighted by molar-refractivity contribution is -0.127. The molecule has 0 atom stereocenters. The van der Waals surface area contributed by atoms with E-state index in [1.165, 1.54) is 12.1 Å². The normalized spacial score (nSPS) is 16.7. The molecule has 114 valence electrons. The Balaban J connectivity index is 1.93. The van der Waals surface area contributed by atoms with Crippen LogP contribution in [0.5, 0.6) is 0 Å². The minimum Gasteiger partial charge on any atom is -0.392 e. The third-order valence-corrected chi connectivity index (χ3v) is 4.38. The van der Waals surface area contributed by atoms with Crippen molar-refractivity contribution in [3.05, 3.63) is 35.4 Å². The SMILES string of the molecule is NC(=S)C1(C(=O)NCCc2cc(F)cc(F)c2)CCCC1. The first kappa shape index (κ1) is 15.8. The first-order chi connectivity index (χ1) is 9.94. The van der Waals surface area contributed by atoms with Crippen LogP contribution in [-0.2, 0) is 11.2 Å². The fraction of sp³-hybridized carbons (Fsp3) is 0.467. The zero-order valence-electron chi connectivity index (χ0n) is 11.6. The van der Waals surface area contributed by atoms with Gasteiger partial charge in [-0.25, -0.2) is 8.78 Å². The Bertz CT molecular complexity index is 536. The number of thiocarbonyl (C=S) groups is 1. The van der Waals surface area contributed by atoms with E-state index in [2.05, 4.69) is 5.32 Å². The predicted octanol–water partition coefficient (Wildman–Crippen LogP) is 2.47. The summed E-state index contributed by atoms with van der Waals surface area (Å²) in [5.41, 5.74) is 5.48. The summed E-state index contributed by atoms with van der Waals surface area (Å²) in [6.45, 7) is 0.298. The maximum Gasteiger partial charge on any atom is 0.233 e. The van der Waals surface area contributed by atoms with E-state index in [1.54, 1.807) is 0 Å². The van der Waals surface area contributed by atoms with Crippen molar-refractivity contribution in [2.24, 2.45) is 11.1 Å². The summed E-state index contributed by atoms with van der Waals surface area (Å²) in [5, 5.41) is 2.78. The lowest BCUT2D eigenvalue weighted by Gasteiger charge is -2.26. The molecule has 0 bridgehead atoms. The van der Waals surface area contributed by atoms with Gasteiger partial charge in [0, 0.05) is 12.6 Å². The monoisotopic (exact) mass is 312 g/mol. The van der Waals surface area contributed by atoms with Crippen molar-refractivity contribution in [2.45, 2.75) is 32.1 Å². The zero-order chi connectivity index (χ0) is 15.5. The third kappa shape index (κ3) is 3.56.